The first kappa shape index (κ1) is 15.1. The van der Waals surface area contributed by atoms with E-state index in [1.807, 2.05) is 6.92 Å². The minimum absolute atomic E-state index is 0.125. The predicted octanol–water partition coefficient (Wildman–Crippen LogP) is 1.24. The molecule has 102 valence electrons. The Balaban J connectivity index is 2.56. The Labute approximate surface area is 105 Å². The van der Waals surface area contributed by atoms with Crippen LogP contribution < -0.4 is 0 Å². The first-order chi connectivity index (χ1) is 8.05. The van der Waals surface area contributed by atoms with Gasteiger partial charge < -0.3 is 22.8 Å². The fourth-order valence-corrected chi connectivity index (χ4v) is 4.03. The average molecular weight is 264 g/mol. The van der Waals surface area contributed by atoms with Gasteiger partial charge in [0.05, 0.1) is 19.8 Å². The maximum absolute atomic E-state index is 5.94. The highest BCUT2D eigenvalue weighted by Crippen LogP contribution is 2.29. The van der Waals surface area contributed by atoms with Gasteiger partial charge in [-0.3, -0.25) is 0 Å². The molecule has 0 aliphatic carbocycles. The van der Waals surface area contributed by atoms with E-state index in [9.17, 15) is 0 Å². The highest BCUT2D eigenvalue weighted by atomic mass is 28.4. The maximum Gasteiger partial charge on any atom is 0.530 e. The van der Waals surface area contributed by atoms with Crippen LogP contribution in [-0.4, -0.2) is 55.7 Å². The van der Waals surface area contributed by atoms with Crippen molar-refractivity contribution in [3.05, 3.63) is 0 Å². The van der Waals surface area contributed by atoms with E-state index in [1.165, 1.54) is 0 Å². The minimum atomic E-state index is -2.70. The van der Waals surface area contributed by atoms with Gasteiger partial charge in [0, 0.05) is 26.7 Å². The van der Waals surface area contributed by atoms with Gasteiger partial charge in [-0.05, 0) is 6.42 Å². The van der Waals surface area contributed by atoms with E-state index >= 15 is 0 Å². The third-order valence-electron chi connectivity index (χ3n) is 3.15. The van der Waals surface area contributed by atoms with Crippen LogP contribution in [0.5, 0.6) is 0 Å². The molecule has 0 amide bonds. The smallest absolute Gasteiger partial charge is 0.380 e. The van der Waals surface area contributed by atoms with Crippen LogP contribution >= 0.6 is 0 Å². The lowest BCUT2D eigenvalue weighted by atomic mass is 9.90. The summed E-state index contributed by atoms with van der Waals surface area (Å²) in [6.45, 7) is 6.36. The molecule has 5 nitrogen and oxygen atoms in total. The van der Waals surface area contributed by atoms with E-state index in [-0.39, 0.29) is 11.1 Å². The predicted molar refractivity (Wildman–Crippen MR) is 65.7 cm³/mol. The molecule has 1 unspecified atom stereocenters. The molecular formula is C11H24O5Si. The molecule has 1 heterocycles. The van der Waals surface area contributed by atoms with Gasteiger partial charge in [-0.25, -0.2) is 0 Å². The highest BCUT2D eigenvalue weighted by Gasteiger charge is 2.48. The van der Waals surface area contributed by atoms with Gasteiger partial charge in [-0.2, -0.15) is 0 Å². The van der Waals surface area contributed by atoms with E-state index in [1.54, 1.807) is 21.3 Å². The quantitative estimate of drug-likeness (QED) is 0.617. The second-order valence-electron chi connectivity index (χ2n) is 4.73. The lowest BCUT2D eigenvalue weighted by molar-refractivity contribution is -0.147. The van der Waals surface area contributed by atoms with Crippen LogP contribution in [0.25, 0.3) is 0 Å². The van der Waals surface area contributed by atoms with E-state index < -0.39 is 8.80 Å². The fourth-order valence-electron chi connectivity index (χ4n) is 1.95. The second kappa shape index (κ2) is 6.26. The molecule has 0 aromatic rings. The Morgan fingerprint density at radius 3 is 2.00 bits per heavy atom. The molecule has 6 heteroatoms. The Morgan fingerprint density at radius 1 is 1.18 bits per heavy atom. The molecule has 0 aromatic carbocycles. The Morgan fingerprint density at radius 2 is 1.71 bits per heavy atom. The van der Waals surface area contributed by atoms with Gasteiger partial charge in [0.25, 0.3) is 0 Å². The van der Waals surface area contributed by atoms with Crippen LogP contribution in [0.15, 0.2) is 0 Å². The van der Waals surface area contributed by atoms with Gasteiger partial charge in [-0.15, -0.1) is 0 Å². The molecule has 0 bridgehead atoms. The first-order valence-corrected chi connectivity index (χ1v) is 7.71. The van der Waals surface area contributed by atoms with Gasteiger partial charge in [0.1, 0.15) is 5.73 Å². The van der Waals surface area contributed by atoms with Gasteiger partial charge >= 0.3 is 8.80 Å². The van der Waals surface area contributed by atoms with Crippen molar-refractivity contribution in [3.8, 4) is 0 Å². The maximum atomic E-state index is 5.94. The molecule has 1 aliphatic heterocycles. The minimum Gasteiger partial charge on any atom is -0.380 e. The van der Waals surface area contributed by atoms with Crippen molar-refractivity contribution in [2.24, 2.45) is 5.41 Å². The molecule has 0 saturated carbocycles. The summed E-state index contributed by atoms with van der Waals surface area (Å²) >= 11 is 0. The topological polar surface area (TPSA) is 46.2 Å². The summed E-state index contributed by atoms with van der Waals surface area (Å²) in [5, 5.41) is 0. The van der Waals surface area contributed by atoms with E-state index in [4.69, 9.17) is 22.8 Å². The summed E-state index contributed by atoms with van der Waals surface area (Å²) in [6.07, 6.45) is 0.804. The van der Waals surface area contributed by atoms with Crippen molar-refractivity contribution in [3.63, 3.8) is 0 Å². The first-order valence-electron chi connectivity index (χ1n) is 5.90. The Bertz CT molecular complexity index is 220. The van der Waals surface area contributed by atoms with Crippen molar-refractivity contribution in [1.29, 1.82) is 0 Å². The molecule has 1 saturated heterocycles. The number of ether oxygens (including phenoxy) is 2. The molecular weight excluding hydrogens is 240 g/mol. The zero-order valence-electron chi connectivity index (χ0n) is 11.4. The lowest BCUT2D eigenvalue weighted by Crippen LogP contribution is -2.57. The van der Waals surface area contributed by atoms with Crippen molar-refractivity contribution >= 4 is 8.80 Å². The SMILES string of the molecule is CCC(OCC1(C)COC1)[Si](OC)(OC)OC. The van der Waals surface area contributed by atoms with Gasteiger partial charge in [0.15, 0.2) is 0 Å². The van der Waals surface area contributed by atoms with Gasteiger partial charge in [-0.1, -0.05) is 13.8 Å². The molecule has 1 aliphatic rings. The van der Waals surface area contributed by atoms with Crippen molar-refractivity contribution in [2.75, 3.05) is 41.2 Å². The molecule has 1 rings (SSSR count). The molecule has 1 atom stereocenters. The number of rotatable bonds is 8. The largest absolute Gasteiger partial charge is 0.530 e. The summed E-state index contributed by atoms with van der Waals surface area (Å²) in [6, 6.07) is 0. The summed E-state index contributed by atoms with van der Waals surface area (Å²) in [5.74, 6) is 0. The third-order valence-corrected chi connectivity index (χ3v) is 6.22. The van der Waals surface area contributed by atoms with Crippen LogP contribution in [-0.2, 0) is 22.8 Å². The average Bonchev–Trinajstić information content (AvgIpc) is 2.33. The summed E-state index contributed by atoms with van der Waals surface area (Å²) in [7, 11) is 2.13. The molecule has 0 radical (unpaired) electrons. The van der Waals surface area contributed by atoms with Crippen molar-refractivity contribution < 1.29 is 22.8 Å². The Kier molecular flexibility index (Phi) is 5.55. The summed E-state index contributed by atoms with van der Waals surface area (Å²) < 4.78 is 27.5. The van der Waals surface area contributed by atoms with Gasteiger partial charge in [0.2, 0.25) is 0 Å². The van der Waals surface area contributed by atoms with Crippen molar-refractivity contribution in [2.45, 2.75) is 26.0 Å². The van der Waals surface area contributed by atoms with E-state index in [0.29, 0.717) is 6.61 Å². The van der Waals surface area contributed by atoms with Crippen molar-refractivity contribution in [1.82, 2.24) is 0 Å². The molecule has 0 spiro atoms. The van der Waals surface area contributed by atoms with E-state index in [2.05, 4.69) is 6.92 Å². The molecule has 0 N–H and O–H groups in total. The number of hydrogen-bond donors (Lipinski definition) is 0. The summed E-state index contributed by atoms with van der Waals surface area (Å²) in [4.78, 5) is 0. The Hall–Kier alpha value is 0.0169. The van der Waals surface area contributed by atoms with Crippen LogP contribution in [0.3, 0.4) is 0 Å². The third kappa shape index (κ3) is 3.27. The van der Waals surface area contributed by atoms with Crippen LogP contribution in [0.2, 0.25) is 0 Å². The van der Waals surface area contributed by atoms with Crippen LogP contribution in [0.1, 0.15) is 20.3 Å². The lowest BCUT2D eigenvalue weighted by Gasteiger charge is -2.40. The fraction of sp³-hybridized carbons (Fsp3) is 1.00. The second-order valence-corrected chi connectivity index (χ2v) is 7.80. The zero-order valence-corrected chi connectivity index (χ0v) is 12.4. The molecule has 1 fully saturated rings. The highest BCUT2D eigenvalue weighted by molar-refractivity contribution is 6.62. The van der Waals surface area contributed by atoms with Crippen LogP contribution in [0.4, 0.5) is 0 Å². The normalized spacial score (nSPS) is 21.0. The standard InChI is InChI=1S/C11H24O5Si/c1-6-10(17(12-3,13-4)14-5)16-9-11(2)7-15-8-11/h10H,6-9H2,1-5H3. The van der Waals surface area contributed by atoms with E-state index in [0.717, 1.165) is 19.6 Å². The zero-order chi connectivity index (χ0) is 12.9. The number of hydrogen-bond acceptors (Lipinski definition) is 5. The molecule has 17 heavy (non-hydrogen) atoms. The summed E-state index contributed by atoms with van der Waals surface area (Å²) in [5.41, 5.74) is 0.00269. The monoisotopic (exact) mass is 264 g/mol. The van der Waals surface area contributed by atoms with Crippen LogP contribution in [0, 0.1) is 5.41 Å². The molecule has 0 aromatic heterocycles.